The molecule has 3 heterocycles. The first-order valence-corrected chi connectivity index (χ1v) is 5.83. The van der Waals surface area contributed by atoms with Crippen molar-refractivity contribution in [1.29, 1.82) is 0 Å². The van der Waals surface area contributed by atoms with E-state index >= 15 is 0 Å². The molecule has 2 aromatic rings. The van der Waals surface area contributed by atoms with E-state index in [0.29, 0.717) is 19.8 Å². The molecule has 0 bridgehead atoms. The Balaban J connectivity index is 1.71. The Bertz CT molecular complexity index is 495. The molecule has 0 spiro atoms. The normalized spacial score (nSPS) is 16.2. The Hall–Kier alpha value is -1.86. The minimum atomic E-state index is -0.139. The van der Waals surface area contributed by atoms with Crippen molar-refractivity contribution in [3.05, 3.63) is 24.5 Å². The van der Waals surface area contributed by atoms with Crippen molar-refractivity contribution in [2.45, 2.75) is 19.3 Å². The van der Waals surface area contributed by atoms with Crippen LogP contribution in [0.2, 0.25) is 0 Å². The van der Waals surface area contributed by atoms with Gasteiger partial charge in [0.05, 0.1) is 13.2 Å². The fourth-order valence-corrected chi connectivity index (χ4v) is 1.86. The van der Waals surface area contributed by atoms with Crippen molar-refractivity contribution >= 4 is 0 Å². The number of hydrogen-bond donors (Lipinski definition) is 0. The predicted molar refractivity (Wildman–Crippen MR) is 61.4 cm³/mol. The van der Waals surface area contributed by atoms with Gasteiger partial charge in [-0.3, -0.25) is 4.98 Å². The molecule has 0 aliphatic carbocycles. The van der Waals surface area contributed by atoms with Gasteiger partial charge in [-0.25, -0.2) is 4.68 Å². The number of ether oxygens (including phenoxy) is 2. The van der Waals surface area contributed by atoms with Crippen LogP contribution in [0.25, 0.3) is 11.4 Å². The topological polar surface area (TPSA) is 75.0 Å². The van der Waals surface area contributed by atoms with Gasteiger partial charge in [-0.1, -0.05) is 0 Å². The molecule has 1 fully saturated rings. The summed E-state index contributed by atoms with van der Waals surface area (Å²) < 4.78 is 12.5. The van der Waals surface area contributed by atoms with E-state index in [-0.39, 0.29) is 6.29 Å². The largest absolute Gasteiger partial charge is 0.350 e. The standard InChI is InChI=1S/C11H13N5O2/c1-4-12-5-2-9(1)11-13-14-15-16(11)6-3-10-17-7-8-18-10/h1-2,4-5,10H,3,6-8H2. The first-order chi connectivity index (χ1) is 8.93. The number of hydrogen-bond acceptors (Lipinski definition) is 6. The summed E-state index contributed by atoms with van der Waals surface area (Å²) >= 11 is 0. The third-order valence-electron chi connectivity index (χ3n) is 2.74. The summed E-state index contributed by atoms with van der Waals surface area (Å²) in [5.41, 5.74) is 0.947. The Labute approximate surface area is 104 Å². The van der Waals surface area contributed by atoms with E-state index in [9.17, 15) is 0 Å². The van der Waals surface area contributed by atoms with E-state index < -0.39 is 0 Å². The Morgan fingerprint density at radius 1 is 1.22 bits per heavy atom. The minimum absolute atomic E-state index is 0.139. The second kappa shape index (κ2) is 5.19. The van der Waals surface area contributed by atoms with Crippen LogP contribution in [0.5, 0.6) is 0 Å². The van der Waals surface area contributed by atoms with Crippen molar-refractivity contribution < 1.29 is 9.47 Å². The molecule has 7 heteroatoms. The number of aromatic nitrogens is 5. The molecule has 1 aliphatic heterocycles. The number of aryl methyl sites for hydroxylation is 1. The van der Waals surface area contributed by atoms with Crippen LogP contribution in [-0.4, -0.2) is 44.7 Å². The van der Waals surface area contributed by atoms with Gasteiger partial charge < -0.3 is 9.47 Å². The molecule has 2 aromatic heterocycles. The fourth-order valence-electron chi connectivity index (χ4n) is 1.86. The number of pyridine rings is 1. The van der Waals surface area contributed by atoms with Crippen molar-refractivity contribution in [3.8, 4) is 11.4 Å². The van der Waals surface area contributed by atoms with E-state index in [1.807, 2.05) is 12.1 Å². The SMILES string of the molecule is c1cc(-c2nnnn2CCC2OCCO2)ccn1. The monoisotopic (exact) mass is 247 g/mol. The summed E-state index contributed by atoms with van der Waals surface area (Å²) in [5.74, 6) is 0.732. The second-order valence-corrected chi connectivity index (χ2v) is 3.92. The zero-order valence-electron chi connectivity index (χ0n) is 9.77. The van der Waals surface area contributed by atoms with Crippen LogP contribution in [0.3, 0.4) is 0 Å². The maximum atomic E-state index is 5.38. The summed E-state index contributed by atoms with van der Waals surface area (Å²) in [7, 11) is 0. The number of rotatable bonds is 4. The van der Waals surface area contributed by atoms with Gasteiger partial charge in [-0.05, 0) is 22.6 Å². The van der Waals surface area contributed by atoms with E-state index in [1.54, 1.807) is 17.1 Å². The van der Waals surface area contributed by atoms with Crippen LogP contribution in [-0.2, 0) is 16.0 Å². The van der Waals surface area contributed by atoms with E-state index in [2.05, 4.69) is 20.5 Å². The second-order valence-electron chi connectivity index (χ2n) is 3.92. The third kappa shape index (κ3) is 2.36. The highest BCUT2D eigenvalue weighted by molar-refractivity contribution is 5.52. The van der Waals surface area contributed by atoms with Gasteiger partial charge in [0, 0.05) is 30.9 Å². The first-order valence-electron chi connectivity index (χ1n) is 5.83. The maximum Gasteiger partial charge on any atom is 0.182 e. The first kappa shape index (κ1) is 11.2. The van der Waals surface area contributed by atoms with Gasteiger partial charge in [0.2, 0.25) is 0 Å². The number of tetrazole rings is 1. The molecule has 3 rings (SSSR count). The Kier molecular flexibility index (Phi) is 3.24. The summed E-state index contributed by atoms with van der Waals surface area (Å²) in [6.45, 7) is 1.99. The minimum Gasteiger partial charge on any atom is -0.350 e. The molecule has 0 radical (unpaired) electrons. The van der Waals surface area contributed by atoms with Crippen molar-refractivity contribution in [2.75, 3.05) is 13.2 Å². The van der Waals surface area contributed by atoms with Crippen LogP contribution in [0.15, 0.2) is 24.5 Å². The van der Waals surface area contributed by atoms with Crippen LogP contribution in [0, 0.1) is 0 Å². The zero-order valence-corrected chi connectivity index (χ0v) is 9.77. The van der Waals surface area contributed by atoms with Crippen molar-refractivity contribution in [2.24, 2.45) is 0 Å². The van der Waals surface area contributed by atoms with E-state index in [1.165, 1.54) is 0 Å². The zero-order chi connectivity index (χ0) is 12.2. The average Bonchev–Trinajstić information content (AvgIpc) is 3.09. The van der Waals surface area contributed by atoms with Gasteiger partial charge in [-0.15, -0.1) is 5.10 Å². The molecular weight excluding hydrogens is 234 g/mol. The molecular formula is C11H13N5O2. The van der Waals surface area contributed by atoms with Gasteiger partial charge in [0.25, 0.3) is 0 Å². The lowest BCUT2D eigenvalue weighted by Gasteiger charge is -2.09. The van der Waals surface area contributed by atoms with Crippen LogP contribution in [0.1, 0.15) is 6.42 Å². The molecule has 1 saturated heterocycles. The third-order valence-corrected chi connectivity index (χ3v) is 2.74. The molecule has 7 nitrogen and oxygen atoms in total. The van der Waals surface area contributed by atoms with Gasteiger partial charge in [0.15, 0.2) is 12.1 Å². The summed E-state index contributed by atoms with van der Waals surface area (Å²) in [4.78, 5) is 3.98. The summed E-state index contributed by atoms with van der Waals surface area (Å²) in [6, 6.07) is 3.76. The highest BCUT2D eigenvalue weighted by Gasteiger charge is 2.17. The lowest BCUT2D eigenvalue weighted by Crippen LogP contribution is -2.13. The molecule has 1 aliphatic rings. The Morgan fingerprint density at radius 2 is 2.00 bits per heavy atom. The molecule has 94 valence electrons. The number of nitrogens with zero attached hydrogens (tertiary/aromatic N) is 5. The highest BCUT2D eigenvalue weighted by atomic mass is 16.7. The van der Waals surface area contributed by atoms with Gasteiger partial charge >= 0.3 is 0 Å². The lowest BCUT2D eigenvalue weighted by molar-refractivity contribution is -0.0495. The van der Waals surface area contributed by atoms with Crippen LogP contribution >= 0.6 is 0 Å². The summed E-state index contributed by atoms with van der Waals surface area (Å²) in [5, 5.41) is 11.7. The maximum absolute atomic E-state index is 5.38. The van der Waals surface area contributed by atoms with Crippen molar-refractivity contribution in [3.63, 3.8) is 0 Å². The van der Waals surface area contributed by atoms with E-state index in [0.717, 1.165) is 17.8 Å². The molecule has 0 N–H and O–H groups in total. The highest BCUT2D eigenvalue weighted by Crippen LogP contribution is 2.15. The predicted octanol–water partition coefficient (Wildman–Crippen LogP) is 0.498. The molecule has 0 amide bonds. The molecule has 0 atom stereocenters. The molecule has 0 saturated carbocycles. The quantitative estimate of drug-likeness (QED) is 0.783. The molecule has 0 unspecified atom stereocenters. The van der Waals surface area contributed by atoms with Crippen molar-refractivity contribution in [1.82, 2.24) is 25.2 Å². The average molecular weight is 247 g/mol. The van der Waals surface area contributed by atoms with Gasteiger partial charge in [0.1, 0.15) is 0 Å². The van der Waals surface area contributed by atoms with Crippen LogP contribution < -0.4 is 0 Å². The molecule has 18 heavy (non-hydrogen) atoms. The van der Waals surface area contributed by atoms with E-state index in [4.69, 9.17) is 9.47 Å². The fraction of sp³-hybridized carbons (Fsp3) is 0.455. The lowest BCUT2D eigenvalue weighted by atomic mass is 10.2. The molecule has 0 aromatic carbocycles. The van der Waals surface area contributed by atoms with Gasteiger partial charge in [-0.2, -0.15) is 0 Å². The smallest absolute Gasteiger partial charge is 0.182 e. The summed E-state index contributed by atoms with van der Waals surface area (Å²) in [6.07, 6.45) is 4.04. The van der Waals surface area contributed by atoms with Crippen LogP contribution in [0.4, 0.5) is 0 Å². The Morgan fingerprint density at radius 3 is 2.78 bits per heavy atom.